The predicted molar refractivity (Wildman–Crippen MR) is 111 cm³/mol. The van der Waals surface area contributed by atoms with Crippen molar-refractivity contribution in [2.75, 3.05) is 18.8 Å². The fraction of sp³-hybridized carbons (Fsp3) is 0.429. The summed E-state index contributed by atoms with van der Waals surface area (Å²) in [5.74, 6) is -1.93. The number of piperidine rings is 1. The predicted octanol–water partition coefficient (Wildman–Crippen LogP) is 1.97. The van der Waals surface area contributed by atoms with Gasteiger partial charge in [-0.15, -0.1) is 0 Å². The van der Waals surface area contributed by atoms with Gasteiger partial charge in [0.2, 0.25) is 15.9 Å². The molecule has 1 aromatic heterocycles. The van der Waals surface area contributed by atoms with Crippen molar-refractivity contribution in [2.24, 2.45) is 5.73 Å². The van der Waals surface area contributed by atoms with E-state index in [0.29, 0.717) is 38.1 Å². The highest BCUT2D eigenvalue weighted by Crippen LogP contribution is 2.23. The van der Waals surface area contributed by atoms with Gasteiger partial charge in [0.05, 0.1) is 24.4 Å². The quantitative estimate of drug-likeness (QED) is 0.707. The first-order chi connectivity index (χ1) is 13.8. The second kappa shape index (κ2) is 9.47. The Bertz CT molecular complexity index is 909. The van der Waals surface area contributed by atoms with Crippen LogP contribution in [0, 0.1) is 6.92 Å². The standard InChI is InChI=1S/C21H27N3O4S/c1-16-4-6-17(7-5-16)14-28-19-8-11-24(12-9-19)29(26,27)15-20(21(22)25)18-3-2-10-23-13-18/h2-7,10,13,19-20H,8-9,11-12,14-15H2,1H3,(H2,22,25). The molecule has 1 amide bonds. The van der Waals surface area contributed by atoms with E-state index in [1.54, 1.807) is 18.3 Å². The molecule has 8 heteroatoms. The second-order valence-corrected chi connectivity index (χ2v) is 9.43. The number of sulfonamides is 1. The van der Waals surface area contributed by atoms with Crippen LogP contribution < -0.4 is 5.73 Å². The summed E-state index contributed by atoms with van der Waals surface area (Å²) in [7, 11) is -3.62. The number of nitrogens with two attached hydrogens (primary N) is 1. The third-order valence-corrected chi connectivity index (χ3v) is 7.11. The average Bonchev–Trinajstić information content (AvgIpc) is 2.72. The van der Waals surface area contributed by atoms with Crippen LogP contribution in [0.1, 0.15) is 35.4 Å². The molecule has 2 N–H and O–H groups in total. The third-order valence-electron chi connectivity index (χ3n) is 5.21. The molecule has 1 fully saturated rings. The lowest BCUT2D eigenvalue weighted by atomic mass is 10.0. The first-order valence-corrected chi connectivity index (χ1v) is 11.3. The monoisotopic (exact) mass is 417 g/mol. The molecule has 1 atom stereocenters. The molecular formula is C21H27N3O4S. The Kier molecular flexibility index (Phi) is 7.00. The van der Waals surface area contributed by atoms with E-state index in [0.717, 1.165) is 5.56 Å². The summed E-state index contributed by atoms with van der Waals surface area (Å²) in [5, 5.41) is 0. The molecule has 3 rings (SSSR count). The van der Waals surface area contributed by atoms with Crippen LogP contribution in [0.5, 0.6) is 0 Å². The zero-order valence-corrected chi connectivity index (χ0v) is 17.3. The summed E-state index contributed by atoms with van der Waals surface area (Å²) < 4.78 is 33.1. The number of carbonyl (C=O) groups excluding carboxylic acids is 1. The number of nitrogens with zero attached hydrogens (tertiary/aromatic N) is 2. The van der Waals surface area contributed by atoms with Gasteiger partial charge in [-0.05, 0) is 37.0 Å². The van der Waals surface area contributed by atoms with Gasteiger partial charge < -0.3 is 10.5 Å². The summed E-state index contributed by atoms with van der Waals surface area (Å²) in [6.45, 7) is 3.30. The largest absolute Gasteiger partial charge is 0.373 e. The Morgan fingerprint density at radius 2 is 1.93 bits per heavy atom. The number of aryl methyl sites for hydroxylation is 1. The van der Waals surface area contributed by atoms with Crippen LogP contribution in [0.25, 0.3) is 0 Å². The fourth-order valence-corrected chi connectivity index (χ4v) is 5.17. The maximum Gasteiger partial charge on any atom is 0.226 e. The maximum atomic E-state index is 12.8. The van der Waals surface area contributed by atoms with E-state index in [4.69, 9.17) is 10.5 Å². The third kappa shape index (κ3) is 5.85. The summed E-state index contributed by atoms with van der Waals surface area (Å²) in [6.07, 6.45) is 4.32. The number of aromatic nitrogens is 1. The number of hydrogen-bond donors (Lipinski definition) is 1. The van der Waals surface area contributed by atoms with E-state index >= 15 is 0 Å². The Morgan fingerprint density at radius 1 is 1.24 bits per heavy atom. The highest BCUT2D eigenvalue weighted by atomic mass is 32.2. The van der Waals surface area contributed by atoms with Crippen molar-refractivity contribution in [1.82, 2.24) is 9.29 Å². The van der Waals surface area contributed by atoms with Crippen molar-refractivity contribution in [3.05, 3.63) is 65.5 Å². The normalized spacial score (nSPS) is 17.1. The van der Waals surface area contributed by atoms with Crippen LogP contribution in [0.2, 0.25) is 0 Å². The molecule has 2 heterocycles. The van der Waals surface area contributed by atoms with Crippen LogP contribution in [0.3, 0.4) is 0 Å². The zero-order chi connectivity index (χ0) is 20.9. The minimum atomic E-state index is -3.62. The average molecular weight is 418 g/mol. The van der Waals surface area contributed by atoms with Crippen LogP contribution in [-0.4, -0.2) is 48.6 Å². The van der Waals surface area contributed by atoms with E-state index in [-0.39, 0.29) is 11.9 Å². The molecule has 156 valence electrons. The molecule has 1 aliphatic rings. The topological polar surface area (TPSA) is 103 Å². The van der Waals surface area contributed by atoms with Gasteiger partial charge in [0, 0.05) is 25.5 Å². The summed E-state index contributed by atoms with van der Waals surface area (Å²) in [4.78, 5) is 15.8. The molecule has 7 nitrogen and oxygen atoms in total. The molecule has 0 aliphatic carbocycles. The fourth-order valence-electron chi connectivity index (χ4n) is 3.42. The Balaban J connectivity index is 1.54. The molecule has 1 aromatic carbocycles. The number of primary amides is 1. The summed E-state index contributed by atoms with van der Waals surface area (Å²) >= 11 is 0. The molecule has 1 aliphatic heterocycles. The molecule has 0 bridgehead atoms. The number of rotatable bonds is 8. The van der Waals surface area contributed by atoms with E-state index < -0.39 is 21.8 Å². The minimum absolute atomic E-state index is 0.0213. The van der Waals surface area contributed by atoms with Gasteiger partial charge in [0.1, 0.15) is 0 Å². The number of hydrogen-bond acceptors (Lipinski definition) is 5. The van der Waals surface area contributed by atoms with Crippen molar-refractivity contribution in [1.29, 1.82) is 0 Å². The van der Waals surface area contributed by atoms with Gasteiger partial charge in [-0.1, -0.05) is 35.9 Å². The zero-order valence-electron chi connectivity index (χ0n) is 16.5. The summed E-state index contributed by atoms with van der Waals surface area (Å²) in [6, 6.07) is 11.5. The van der Waals surface area contributed by atoms with E-state index in [1.807, 2.05) is 31.2 Å². The van der Waals surface area contributed by atoms with E-state index in [9.17, 15) is 13.2 Å². The molecule has 0 spiro atoms. The lowest BCUT2D eigenvalue weighted by molar-refractivity contribution is -0.119. The lowest BCUT2D eigenvalue weighted by Crippen LogP contribution is -2.43. The van der Waals surface area contributed by atoms with Gasteiger partial charge in [0.15, 0.2) is 0 Å². The first-order valence-electron chi connectivity index (χ1n) is 9.69. The van der Waals surface area contributed by atoms with E-state index in [1.165, 1.54) is 16.1 Å². The molecule has 0 radical (unpaired) electrons. The van der Waals surface area contributed by atoms with Crippen LogP contribution in [0.4, 0.5) is 0 Å². The van der Waals surface area contributed by atoms with Gasteiger partial charge in [-0.25, -0.2) is 12.7 Å². The highest BCUT2D eigenvalue weighted by Gasteiger charge is 2.33. The maximum absolute atomic E-state index is 12.8. The summed E-state index contributed by atoms with van der Waals surface area (Å²) in [5.41, 5.74) is 8.28. The Morgan fingerprint density at radius 3 is 2.52 bits per heavy atom. The minimum Gasteiger partial charge on any atom is -0.373 e. The molecule has 0 saturated carbocycles. The van der Waals surface area contributed by atoms with Crippen LogP contribution in [0.15, 0.2) is 48.8 Å². The van der Waals surface area contributed by atoms with Crippen molar-refractivity contribution < 1.29 is 17.9 Å². The number of pyridine rings is 1. The van der Waals surface area contributed by atoms with Crippen LogP contribution in [-0.2, 0) is 26.2 Å². The number of amides is 1. The number of ether oxygens (including phenoxy) is 1. The van der Waals surface area contributed by atoms with Crippen molar-refractivity contribution in [3.8, 4) is 0 Å². The van der Waals surface area contributed by atoms with Crippen molar-refractivity contribution in [2.45, 2.75) is 38.4 Å². The van der Waals surface area contributed by atoms with Gasteiger partial charge in [0.25, 0.3) is 0 Å². The smallest absolute Gasteiger partial charge is 0.226 e. The highest BCUT2D eigenvalue weighted by molar-refractivity contribution is 7.89. The number of carbonyl (C=O) groups is 1. The number of benzene rings is 1. The second-order valence-electron chi connectivity index (χ2n) is 7.41. The van der Waals surface area contributed by atoms with Crippen molar-refractivity contribution >= 4 is 15.9 Å². The van der Waals surface area contributed by atoms with Gasteiger partial charge >= 0.3 is 0 Å². The molecule has 2 aromatic rings. The molecule has 1 saturated heterocycles. The van der Waals surface area contributed by atoms with Crippen molar-refractivity contribution in [3.63, 3.8) is 0 Å². The van der Waals surface area contributed by atoms with Gasteiger partial charge in [-0.3, -0.25) is 9.78 Å². The Labute approximate surface area is 171 Å². The van der Waals surface area contributed by atoms with Gasteiger partial charge in [-0.2, -0.15) is 0 Å². The van der Waals surface area contributed by atoms with E-state index in [2.05, 4.69) is 4.98 Å². The van der Waals surface area contributed by atoms with Crippen LogP contribution >= 0.6 is 0 Å². The molecular weight excluding hydrogens is 390 g/mol. The Hall–Kier alpha value is -2.29. The SMILES string of the molecule is Cc1ccc(COC2CCN(S(=O)(=O)CC(C(N)=O)c3cccnc3)CC2)cc1. The molecule has 29 heavy (non-hydrogen) atoms. The first kappa shape index (κ1) is 21.4. The lowest BCUT2D eigenvalue weighted by Gasteiger charge is -2.32. The molecule has 1 unspecified atom stereocenters.